The van der Waals surface area contributed by atoms with Crippen molar-refractivity contribution in [2.24, 2.45) is 0 Å². The first kappa shape index (κ1) is 26.5. The summed E-state index contributed by atoms with van der Waals surface area (Å²) in [4.78, 5) is 43.0. The van der Waals surface area contributed by atoms with Crippen molar-refractivity contribution in [3.8, 4) is 28.8 Å². The molecule has 1 unspecified atom stereocenters. The molecule has 1 N–H and O–H groups in total. The molecule has 3 aliphatic rings. The van der Waals surface area contributed by atoms with Crippen LogP contribution >= 0.6 is 0 Å². The molecule has 3 aliphatic heterocycles. The highest BCUT2D eigenvalue weighted by atomic mass is 16.7. The number of fused-ring (bicyclic) bond motifs is 2. The largest absolute Gasteiger partial charge is 0.454 e. The fourth-order valence-corrected chi connectivity index (χ4v) is 5.43. The van der Waals surface area contributed by atoms with Crippen LogP contribution in [-0.4, -0.2) is 75.5 Å². The number of piperazine rings is 1. The van der Waals surface area contributed by atoms with Crippen LogP contribution in [0.2, 0.25) is 0 Å². The summed E-state index contributed by atoms with van der Waals surface area (Å²) >= 11 is 0. The smallest absolute Gasteiger partial charge is 0.244 e. The number of imidazole rings is 1. The Kier molecular flexibility index (Phi) is 7.07. The van der Waals surface area contributed by atoms with Gasteiger partial charge < -0.3 is 29.2 Å². The molecule has 0 radical (unpaired) electrons. The van der Waals surface area contributed by atoms with Gasteiger partial charge in [-0.15, -0.1) is 0 Å². The van der Waals surface area contributed by atoms with Gasteiger partial charge in [0.2, 0.25) is 19.5 Å². The maximum Gasteiger partial charge on any atom is 0.244 e. The van der Waals surface area contributed by atoms with Crippen LogP contribution in [0, 0.1) is 0 Å². The SMILES string of the molecule is O=C=C1C(C(=O)NCCc2ccc3c(c2)OCO3)N(Cc2ccc3c(c2)OCO3)CCN1c1cc(-n2ccnc2)ncn1. The summed E-state index contributed by atoms with van der Waals surface area (Å²) in [5, 5.41) is 3.03. The molecular formula is C30H27N7O6. The topological polar surface area (TPSA) is 133 Å². The van der Waals surface area contributed by atoms with Gasteiger partial charge in [-0.3, -0.25) is 14.3 Å². The van der Waals surface area contributed by atoms with Crippen molar-refractivity contribution in [3.05, 3.63) is 84.3 Å². The number of amides is 1. The Hall–Kier alpha value is -5.39. The standard InChI is InChI=1S/C30H27N7O6/c38-15-22-29(30(39)32-6-5-20-1-3-23-25(11-20)42-18-40-23)35(14-21-2-4-24-26(12-21)43-19-41-24)9-10-37(22)28-13-27(33-16-34-28)36-8-7-31-17-36/h1-4,7-8,11-13,16-17,29H,5-6,9-10,14,18-19H2,(H,32,39). The Bertz CT molecular complexity index is 1710. The lowest BCUT2D eigenvalue weighted by Crippen LogP contribution is -2.57. The summed E-state index contributed by atoms with van der Waals surface area (Å²) in [5.41, 5.74) is 2.08. The van der Waals surface area contributed by atoms with Gasteiger partial charge in [0.25, 0.3) is 0 Å². The number of anilines is 1. The molecule has 1 fully saturated rings. The third kappa shape index (κ3) is 5.34. The predicted molar refractivity (Wildman–Crippen MR) is 152 cm³/mol. The van der Waals surface area contributed by atoms with E-state index in [1.807, 2.05) is 41.3 Å². The molecule has 2 aromatic carbocycles. The van der Waals surface area contributed by atoms with Crippen LogP contribution in [0.25, 0.3) is 5.82 Å². The summed E-state index contributed by atoms with van der Waals surface area (Å²) in [7, 11) is 0. The van der Waals surface area contributed by atoms with Crippen molar-refractivity contribution >= 4 is 17.7 Å². The first-order valence-corrected chi connectivity index (χ1v) is 13.8. The third-order valence-corrected chi connectivity index (χ3v) is 7.53. The molecule has 0 spiro atoms. The van der Waals surface area contributed by atoms with E-state index in [9.17, 15) is 9.59 Å². The first-order chi connectivity index (χ1) is 21.2. The average molecular weight is 582 g/mol. The van der Waals surface area contributed by atoms with Crippen molar-refractivity contribution in [1.29, 1.82) is 0 Å². The van der Waals surface area contributed by atoms with E-state index in [2.05, 4.69) is 26.2 Å². The second-order valence-corrected chi connectivity index (χ2v) is 10.1. The number of carbonyl (C=O) groups is 1. The summed E-state index contributed by atoms with van der Waals surface area (Å²) in [6.07, 6.45) is 7.04. The van der Waals surface area contributed by atoms with Gasteiger partial charge in [-0.1, -0.05) is 12.1 Å². The van der Waals surface area contributed by atoms with Crippen molar-refractivity contribution in [2.45, 2.75) is 19.0 Å². The summed E-state index contributed by atoms with van der Waals surface area (Å²) in [6, 6.07) is 12.2. The Morgan fingerprint density at radius 1 is 0.907 bits per heavy atom. The Balaban J connectivity index is 1.13. The maximum absolute atomic E-state index is 13.8. The molecular weight excluding hydrogens is 554 g/mol. The maximum atomic E-state index is 13.8. The van der Waals surface area contributed by atoms with Crippen LogP contribution in [-0.2, 0) is 22.6 Å². The molecule has 7 rings (SSSR count). The molecule has 218 valence electrons. The van der Waals surface area contributed by atoms with E-state index in [1.165, 1.54) is 6.33 Å². The van der Waals surface area contributed by atoms with Gasteiger partial charge in [0.05, 0.1) is 0 Å². The fourth-order valence-electron chi connectivity index (χ4n) is 5.43. The summed E-state index contributed by atoms with van der Waals surface area (Å²) in [6.45, 7) is 2.02. The fraction of sp³-hybridized carbons (Fsp3) is 0.267. The number of carbonyl (C=O) groups excluding carboxylic acids is 2. The van der Waals surface area contributed by atoms with E-state index >= 15 is 0 Å². The zero-order chi connectivity index (χ0) is 29.2. The van der Waals surface area contributed by atoms with Crippen LogP contribution in [0.1, 0.15) is 11.1 Å². The van der Waals surface area contributed by atoms with Gasteiger partial charge >= 0.3 is 0 Å². The quantitative estimate of drug-likeness (QED) is 0.306. The monoisotopic (exact) mass is 581 g/mol. The summed E-state index contributed by atoms with van der Waals surface area (Å²) in [5.74, 6) is 5.55. The molecule has 1 amide bonds. The normalized spacial score (nSPS) is 17.2. The van der Waals surface area contributed by atoms with Crippen LogP contribution in [0.3, 0.4) is 0 Å². The lowest BCUT2D eigenvalue weighted by Gasteiger charge is -2.41. The predicted octanol–water partition coefficient (Wildman–Crippen LogP) is 1.88. The van der Waals surface area contributed by atoms with Crippen LogP contribution in [0.4, 0.5) is 5.82 Å². The minimum absolute atomic E-state index is 0.169. The number of ether oxygens (including phenoxy) is 4. The van der Waals surface area contributed by atoms with Gasteiger partial charge in [0, 0.05) is 44.6 Å². The number of benzene rings is 2. The Morgan fingerprint density at radius 2 is 1.63 bits per heavy atom. The minimum atomic E-state index is -0.917. The van der Waals surface area contributed by atoms with E-state index in [1.54, 1.807) is 34.3 Å². The van der Waals surface area contributed by atoms with Gasteiger partial charge in [-0.2, -0.15) is 0 Å². The molecule has 1 atom stereocenters. The molecule has 13 nitrogen and oxygen atoms in total. The Labute approximate surface area is 246 Å². The molecule has 13 heteroatoms. The van der Waals surface area contributed by atoms with Crippen LogP contribution in [0.5, 0.6) is 23.0 Å². The van der Waals surface area contributed by atoms with Crippen molar-refractivity contribution in [1.82, 2.24) is 29.7 Å². The third-order valence-electron chi connectivity index (χ3n) is 7.53. The molecule has 1 saturated heterocycles. The minimum Gasteiger partial charge on any atom is -0.454 e. The van der Waals surface area contributed by atoms with E-state index in [0.29, 0.717) is 67.2 Å². The van der Waals surface area contributed by atoms with Crippen molar-refractivity contribution in [3.63, 3.8) is 0 Å². The Morgan fingerprint density at radius 3 is 2.37 bits per heavy atom. The number of rotatable bonds is 8. The van der Waals surface area contributed by atoms with Crippen molar-refractivity contribution < 1.29 is 28.5 Å². The zero-order valence-electron chi connectivity index (χ0n) is 23.0. The highest BCUT2D eigenvalue weighted by molar-refractivity contribution is 5.89. The number of hydrogen-bond acceptors (Lipinski definition) is 11. The zero-order valence-corrected chi connectivity index (χ0v) is 23.0. The molecule has 5 heterocycles. The lowest BCUT2D eigenvalue weighted by atomic mass is 10.0. The number of nitrogens with one attached hydrogen (secondary N) is 1. The lowest BCUT2D eigenvalue weighted by molar-refractivity contribution is -0.125. The summed E-state index contributed by atoms with van der Waals surface area (Å²) < 4.78 is 23.6. The van der Waals surface area contributed by atoms with Crippen molar-refractivity contribution in [2.75, 3.05) is 38.1 Å². The molecule has 4 aromatic rings. The van der Waals surface area contributed by atoms with Gasteiger partial charge in [0.1, 0.15) is 42.0 Å². The van der Waals surface area contributed by atoms with E-state index in [-0.39, 0.29) is 25.2 Å². The second kappa shape index (κ2) is 11.5. The molecule has 43 heavy (non-hydrogen) atoms. The number of aromatic nitrogens is 4. The number of hydrogen-bond donors (Lipinski definition) is 1. The molecule has 2 aromatic heterocycles. The molecule has 0 saturated carbocycles. The van der Waals surface area contributed by atoms with Gasteiger partial charge in [-0.25, -0.2) is 19.7 Å². The van der Waals surface area contributed by atoms with E-state index < -0.39 is 6.04 Å². The van der Waals surface area contributed by atoms with E-state index in [0.717, 1.165) is 11.1 Å². The molecule has 0 bridgehead atoms. The van der Waals surface area contributed by atoms with Gasteiger partial charge in [-0.05, 0) is 41.8 Å². The van der Waals surface area contributed by atoms with E-state index in [4.69, 9.17) is 18.9 Å². The number of nitrogens with zero attached hydrogens (tertiary/aromatic N) is 6. The highest BCUT2D eigenvalue weighted by Gasteiger charge is 2.39. The van der Waals surface area contributed by atoms with Crippen LogP contribution in [0.15, 0.2) is 73.2 Å². The first-order valence-electron chi connectivity index (χ1n) is 13.8. The average Bonchev–Trinajstić information content (AvgIpc) is 3.83. The second-order valence-electron chi connectivity index (χ2n) is 10.1. The highest BCUT2D eigenvalue weighted by Crippen LogP contribution is 2.34. The van der Waals surface area contributed by atoms with Gasteiger partial charge in [0.15, 0.2) is 23.0 Å². The molecule has 0 aliphatic carbocycles. The van der Waals surface area contributed by atoms with Crippen LogP contribution < -0.4 is 29.2 Å².